The molecule has 0 bridgehead atoms. The number of aliphatic hydroxyl groups excluding tert-OH is 1. The number of likely N-dealkylation sites (tertiary alicyclic amines) is 1. The molecule has 2 aromatic rings. The summed E-state index contributed by atoms with van der Waals surface area (Å²) in [6, 6.07) is 7.78. The van der Waals surface area contributed by atoms with Crippen LogP contribution in [0.5, 0.6) is 5.75 Å². The van der Waals surface area contributed by atoms with E-state index < -0.39 is 17.7 Å². The molecule has 1 aromatic carbocycles. The van der Waals surface area contributed by atoms with Crippen LogP contribution in [0.4, 0.5) is 0 Å². The highest BCUT2D eigenvalue weighted by atomic mass is 35.5. The summed E-state index contributed by atoms with van der Waals surface area (Å²) in [5.74, 6) is -1.57. The molecule has 0 spiro atoms. The molecule has 0 saturated carbocycles. The van der Waals surface area contributed by atoms with Crippen LogP contribution in [0.15, 0.2) is 42.1 Å². The highest BCUT2D eigenvalue weighted by Gasteiger charge is 2.48. The number of amides is 1. The lowest BCUT2D eigenvalue weighted by Crippen LogP contribution is -2.36. The lowest BCUT2D eigenvalue weighted by molar-refractivity contribution is -0.140. The van der Waals surface area contributed by atoms with Gasteiger partial charge in [0.15, 0.2) is 0 Å². The van der Waals surface area contributed by atoms with Gasteiger partial charge in [0.2, 0.25) is 0 Å². The third-order valence-corrected chi connectivity index (χ3v) is 5.86. The van der Waals surface area contributed by atoms with Gasteiger partial charge in [0.05, 0.1) is 35.1 Å². The van der Waals surface area contributed by atoms with Crippen molar-refractivity contribution in [2.24, 2.45) is 0 Å². The second-order valence-electron chi connectivity index (χ2n) is 7.67. The molecule has 0 aliphatic carbocycles. The van der Waals surface area contributed by atoms with Crippen LogP contribution in [0.25, 0.3) is 5.76 Å². The van der Waals surface area contributed by atoms with E-state index >= 15 is 0 Å². The van der Waals surface area contributed by atoms with Crippen LogP contribution in [0, 0.1) is 6.92 Å². The second-order valence-corrected chi connectivity index (χ2v) is 8.08. The summed E-state index contributed by atoms with van der Waals surface area (Å²) in [5.41, 5.74) is 1.47. The van der Waals surface area contributed by atoms with Crippen LogP contribution in [0.1, 0.15) is 35.7 Å². The van der Waals surface area contributed by atoms with Crippen molar-refractivity contribution in [3.05, 3.63) is 63.9 Å². The van der Waals surface area contributed by atoms with Gasteiger partial charge in [0.1, 0.15) is 17.6 Å². The van der Waals surface area contributed by atoms with Gasteiger partial charge in [-0.3, -0.25) is 14.6 Å². The molecule has 3 heterocycles. The molecule has 2 saturated heterocycles. The van der Waals surface area contributed by atoms with Crippen LogP contribution >= 0.6 is 11.6 Å². The topological polar surface area (TPSA) is 89.0 Å². The number of ketones is 1. The Balaban J connectivity index is 1.88. The standard InChI is InChI=1S/C23H23ClN2O5/c1-13-10-15(22(30-2)16(24)11-13)20(27)18-19(17-7-3-4-8-25-17)26(23(29)21(18)28)12-14-6-5-9-31-14/h3-4,7-8,10-11,14,19,27H,5-6,9,12H2,1-2H3/b20-18+. The van der Waals surface area contributed by atoms with Crippen molar-refractivity contribution in [2.75, 3.05) is 20.3 Å². The van der Waals surface area contributed by atoms with E-state index in [9.17, 15) is 14.7 Å². The Kier molecular flexibility index (Phi) is 5.98. The summed E-state index contributed by atoms with van der Waals surface area (Å²) in [7, 11) is 1.43. The average Bonchev–Trinajstić information content (AvgIpc) is 3.36. The van der Waals surface area contributed by atoms with E-state index in [0.717, 1.165) is 18.4 Å². The largest absolute Gasteiger partial charge is 0.507 e. The second kappa shape index (κ2) is 8.69. The van der Waals surface area contributed by atoms with E-state index in [1.807, 2.05) is 6.92 Å². The van der Waals surface area contributed by atoms with E-state index in [1.165, 1.54) is 12.0 Å². The van der Waals surface area contributed by atoms with Gasteiger partial charge in [-0.1, -0.05) is 17.7 Å². The van der Waals surface area contributed by atoms with E-state index in [-0.39, 0.29) is 35.3 Å². The maximum atomic E-state index is 13.1. The predicted octanol–water partition coefficient (Wildman–Crippen LogP) is 3.65. The number of methoxy groups -OCH3 is 1. The Morgan fingerprint density at radius 2 is 2.16 bits per heavy atom. The molecular formula is C23H23ClN2O5. The molecule has 2 unspecified atom stereocenters. The molecule has 31 heavy (non-hydrogen) atoms. The maximum Gasteiger partial charge on any atom is 0.295 e. The third kappa shape index (κ3) is 3.91. The number of hydrogen-bond acceptors (Lipinski definition) is 6. The predicted molar refractivity (Wildman–Crippen MR) is 115 cm³/mol. The number of aliphatic hydroxyl groups is 1. The number of pyridine rings is 1. The Labute approximate surface area is 185 Å². The Morgan fingerprint density at radius 1 is 1.35 bits per heavy atom. The van der Waals surface area contributed by atoms with Crippen molar-refractivity contribution < 1.29 is 24.2 Å². The summed E-state index contributed by atoms with van der Waals surface area (Å²) in [4.78, 5) is 31.9. The van der Waals surface area contributed by atoms with Crippen LogP contribution in [-0.4, -0.2) is 53.0 Å². The maximum absolute atomic E-state index is 13.1. The molecule has 1 aromatic heterocycles. The Bertz CT molecular complexity index is 1050. The molecule has 7 nitrogen and oxygen atoms in total. The average molecular weight is 443 g/mol. The number of carbonyl (C=O) groups excluding carboxylic acids is 2. The van der Waals surface area contributed by atoms with Gasteiger partial charge in [-0.2, -0.15) is 0 Å². The highest BCUT2D eigenvalue weighted by Crippen LogP contribution is 2.42. The first-order valence-electron chi connectivity index (χ1n) is 10.1. The van der Waals surface area contributed by atoms with E-state index in [2.05, 4.69) is 4.98 Å². The molecule has 2 atom stereocenters. The molecule has 4 rings (SSSR count). The van der Waals surface area contributed by atoms with Crippen LogP contribution in [0.2, 0.25) is 5.02 Å². The van der Waals surface area contributed by atoms with E-state index in [0.29, 0.717) is 17.3 Å². The molecular weight excluding hydrogens is 420 g/mol. The van der Waals surface area contributed by atoms with Crippen molar-refractivity contribution in [1.29, 1.82) is 0 Å². The van der Waals surface area contributed by atoms with Crippen molar-refractivity contribution in [1.82, 2.24) is 9.88 Å². The first-order valence-corrected chi connectivity index (χ1v) is 10.5. The van der Waals surface area contributed by atoms with Gasteiger partial charge in [0, 0.05) is 19.3 Å². The number of aryl methyl sites for hydroxylation is 1. The fraction of sp³-hybridized carbons (Fsp3) is 0.348. The monoisotopic (exact) mass is 442 g/mol. The van der Waals surface area contributed by atoms with Gasteiger partial charge < -0.3 is 19.5 Å². The highest BCUT2D eigenvalue weighted by molar-refractivity contribution is 6.46. The van der Waals surface area contributed by atoms with E-state index in [4.69, 9.17) is 21.1 Å². The first-order chi connectivity index (χ1) is 14.9. The molecule has 1 amide bonds. The number of aromatic nitrogens is 1. The minimum absolute atomic E-state index is 0.0401. The number of Topliss-reactive ketones (excluding diaryl/α,β-unsaturated/α-hetero) is 1. The quantitative estimate of drug-likeness (QED) is 0.432. The number of nitrogens with zero attached hydrogens (tertiary/aromatic N) is 2. The molecule has 1 N–H and O–H groups in total. The molecule has 8 heteroatoms. The minimum atomic E-state index is -0.839. The first kappa shape index (κ1) is 21.3. The van der Waals surface area contributed by atoms with Gasteiger partial charge in [-0.05, 0) is 49.6 Å². The number of carbonyl (C=O) groups is 2. The minimum Gasteiger partial charge on any atom is -0.507 e. The summed E-state index contributed by atoms with van der Waals surface area (Å²) < 4.78 is 11.1. The van der Waals surface area contributed by atoms with Gasteiger partial charge in [0.25, 0.3) is 11.7 Å². The lowest BCUT2D eigenvalue weighted by atomic mass is 9.97. The molecule has 162 valence electrons. The van der Waals surface area contributed by atoms with Gasteiger partial charge in [-0.25, -0.2) is 0 Å². The number of rotatable bonds is 5. The van der Waals surface area contributed by atoms with Crippen molar-refractivity contribution >= 4 is 29.1 Å². The number of benzene rings is 1. The fourth-order valence-electron chi connectivity index (χ4n) is 4.18. The van der Waals surface area contributed by atoms with Crippen molar-refractivity contribution in [2.45, 2.75) is 31.9 Å². The zero-order chi connectivity index (χ0) is 22.1. The van der Waals surface area contributed by atoms with Crippen LogP contribution < -0.4 is 4.74 Å². The summed E-state index contributed by atoms with van der Waals surface area (Å²) in [5, 5.41) is 11.6. The van der Waals surface area contributed by atoms with E-state index in [1.54, 1.807) is 36.5 Å². The fourth-order valence-corrected chi connectivity index (χ4v) is 4.53. The normalized spacial score (nSPS) is 22.9. The Hall–Kier alpha value is -2.90. The van der Waals surface area contributed by atoms with Gasteiger partial charge in [-0.15, -0.1) is 0 Å². The van der Waals surface area contributed by atoms with Crippen LogP contribution in [0.3, 0.4) is 0 Å². The van der Waals surface area contributed by atoms with Crippen molar-refractivity contribution in [3.63, 3.8) is 0 Å². The number of halogens is 1. The third-order valence-electron chi connectivity index (χ3n) is 5.58. The molecule has 2 aliphatic rings. The number of hydrogen-bond donors (Lipinski definition) is 1. The summed E-state index contributed by atoms with van der Waals surface area (Å²) >= 11 is 6.30. The van der Waals surface area contributed by atoms with Crippen LogP contribution in [-0.2, 0) is 14.3 Å². The lowest BCUT2D eigenvalue weighted by Gasteiger charge is -2.26. The smallest absolute Gasteiger partial charge is 0.295 e. The Morgan fingerprint density at radius 3 is 2.81 bits per heavy atom. The van der Waals surface area contributed by atoms with Gasteiger partial charge >= 0.3 is 0 Å². The summed E-state index contributed by atoms with van der Waals surface area (Å²) in [6.45, 7) is 2.69. The SMILES string of the molecule is COc1c(Cl)cc(C)cc1/C(O)=C1\C(=O)C(=O)N(CC2CCCO2)C1c1ccccn1. The zero-order valence-corrected chi connectivity index (χ0v) is 18.1. The molecule has 2 fully saturated rings. The molecule has 2 aliphatic heterocycles. The summed E-state index contributed by atoms with van der Waals surface area (Å²) in [6.07, 6.45) is 3.14. The molecule has 0 radical (unpaired) electrons. The zero-order valence-electron chi connectivity index (χ0n) is 17.3. The number of ether oxygens (including phenoxy) is 2. The van der Waals surface area contributed by atoms with Crippen molar-refractivity contribution in [3.8, 4) is 5.75 Å².